The lowest BCUT2D eigenvalue weighted by Crippen LogP contribution is -2.28. The van der Waals surface area contributed by atoms with Crippen LogP contribution in [0.25, 0.3) is 0 Å². The molecule has 2 rings (SSSR count). The van der Waals surface area contributed by atoms with Crippen molar-refractivity contribution in [2.24, 2.45) is 0 Å². The molecule has 1 aliphatic heterocycles. The van der Waals surface area contributed by atoms with E-state index in [1.807, 2.05) is 6.20 Å². The average molecular weight is 207 g/mol. The molecule has 1 unspecified atom stereocenters. The van der Waals surface area contributed by atoms with E-state index < -0.39 is 0 Å². The normalized spacial score (nSPS) is 23.0. The number of aromatic nitrogens is 2. The summed E-state index contributed by atoms with van der Waals surface area (Å²) < 4.78 is 2.07. The van der Waals surface area contributed by atoms with Crippen LogP contribution >= 0.6 is 0 Å². The van der Waals surface area contributed by atoms with Crippen molar-refractivity contribution in [1.82, 2.24) is 15.1 Å². The van der Waals surface area contributed by atoms with E-state index in [9.17, 15) is 0 Å². The van der Waals surface area contributed by atoms with Crippen LogP contribution in [0.4, 0.5) is 0 Å². The predicted molar refractivity (Wildman–Crippen MR) is 62.1 cm³/mol. The maximum atomic E-state index is 4.45. The fourth-order valence-corrected chi connectivity index (χ4v) is 2.05. The van der Waals surface area contributed by atoms with Crippen LogP contribution in [0.15, 0.2) is 12.4 Å². The monoisotopic (exact) mass is 207 g/mol. The Bertz CT molecular complexity index is 316. The van der Waals surface area contributed by atoms with Gasteiger partial charge in [-0.05, 0) is 51.6 Å². The zero-order valence-corrected chi connectivity index (χ0v) is 9.95. The third-order valence-electron chi connectivity index (χ3n) is 3.06. The van der Waals surface area contributed by atoms with Gasteiger partial charge in [-0.15, -0.1) is 0 Å². The smallest absolute Gasteiger partial charge is 0.0543 e. The first-order valence-corrected chi connectivity index (χ1v) is 5.83. The topological polar surface area (TPSA) is 29.9 Å². The molecule has 15 heavy (non-hydrogen) atoms. The van der Waals surface area contributed by atoms with Gasteiger partial charge in [-0.2, -0.15) is 5.10 Å². The molecule has 0 saturated carbocycles. The van der Waals surface area contributed by atoms with Crippen LogP contribution < -0.4 is 5.32 Å². The third kappa shape index (κ3) is 2.40. The second-order valence-corrected chi connectivity index (χ2v) is 5.43. The zero-order chi connectivity index (χ0) is 10.9. The van der Waals surface area contributed by atoms with Crippen LogP contribution in [0.2, 0.25) is 0 Å². The van der Waals surface area contributed by atoms with Crippen LogP contribution in [0.1, 0.15) is 45.1 Å². The number of nitrogens with zero attached hydrogens (tertiary/aromatic N) is 2. The quantitative estimate of drug-likeness (QED) is 0.764. The Labute approximate surface area is 91.9 Å². The molecular formula is C12H21N3. The van der Waals surface area contributed by atoms with E-state index in [1.165, 1.54) is 24.9 Å². The number of piperidine rings is 1. The lowest BCUT2D eigenvalue weighted by Gasteiger charge is -2.22. The molecule has 1 aromatic rings. The van der Waals surface area contributed by atoms with E-state index >= 15 is 0 Å². The van der Waals surface area contributed by atoms with Crippen LogP contribution in [0.5, 0.6) is 0 Å². The van der Waals surface area contributed by atoms with E-state index in [2.05, 4.69) is 42.1 Å². The lowest BCUT2D eigenvalue weighted by atomic mass is 9.94. The largest absolute Gasteiger partial charge is 0.316 e. The summed E-state index contributed by atoms with van der Waals surface area (Å²) in [6, 6.07) is 0. The maximum absolute atomic E-state index is 4.45. The van der Waals surface area contributed by atoms with Crippen molar-refractivity contribution in [3.05, 3.63) is 18.0 Å². The highest BCUT2D eigenvalue weighted by atomic mass is 15.3. The summed E-state index contributed by atoms with van der Waals surface area (Å²) in [7, 11) is 0. The Morgan fingerprint density at radius 2 is 2.27 bits per heavy atom. The molecule has 84 valence electrons. The highest BCUT2D eigenvalue weighted by molar-refractivity contribution is 5.13. The lowest BCUT2D eigenvalue weighted by molar-refractivity contribution is 0.354. The molecule has 1 N–H and O–H groups in total. The molecule has 2 heterocycles. The van der Waals surface area contributed by atoms with Gasteiger partial charge < -0.3 is 5.32 Å². The summed E-state index contributed by atoms with van der Waals surface area (Å²) in [5.41, 5.74) is 1.48. The van der Waals surface area contributed by atoms with Crippen molar-refractivity contribution in [1.29, 1.82) is 0 Å². The van der Waals surface area contributed by atoms with Crippen LogP contribution in [-0.4, -0.2) is 22.9 Å². The van der Waals surface area contributed by atoms with Gasteiger partial charge in [0.15, 0.2) is 0 Å². The summed E-state index contributed by atoms with van der Waals surface area (Å²) >= 11 is 0. The van der Waals surface area contributed by atoms with E-state index in [4.69, 9.17) is 0 Å². The first-order valence-electron chi connectivity index (χ1n) is 5.83. The van der Waals surface area contributed by atoms with Crippen molar-refractivity contribution in [3.8, 4) is 0 Å². The van der Waals surface area contributed by atoms with Crippen molar-refractivity contribution in [2.75, 3.05) is 13.1 Å². The van der Waals surface area contributed by atoms with Gasteiger partial charge in [0, 0.05) is 12.7 Å². The molecule has 1 aliphatic rings. The Morgan fingerprint density at radius 1 is 1.47 bits per heavy atom. The second kappa shape index (κ2) is 3.97. The minimum Gasteiger partial charge on any atom is -0.316 e. The van der Waals surface area contributed by atoms with Gasteiger partial charge in [0.25, 0.3) is 0 Å². The summed E-state index contributed by atoms with van der Waals surface area (Å²) in [6.45, 7) is 8.83. The molecule has 3 heteroatoms. The summed E-state index contributed by atoms with van der Waals surface area (Å²) in [6.07, 6.45) is 6.81. The molecule has 0 aliphatic carbocycles. The fourth-order valence-electron chi connectivity index (χ4n) is 2.05. The van der Waals surface area contributed by atoms with E-state index in [0.29, 0.717) is 5.92 Å². The van der Waals surface area contributed by atoms with Gasteiger partial charge in [-0.25, -0.2) is 0 Å². The van der Waals surface area contributed by atoms with E-state index in [1.54, 1.807) is 0 Å². The highest BCUT2D eigenvalue weighted by Gasteiger charge is 2.19. The van der Waals surface area contributed by atoms with Gasteiger partial charge in [-0.3, -0.25) is 4.68 Å². The van der Waals surface area contributed by atoms with Gasteiger partial charge in [0.05, 0.1) is 11.7 Å². The molecule has 3 nitrogen and oxygen atoms in total. The Morgan fingerprint density at radius 3 is 2.80 bits per heavy atom. The molecule has 0 amide bonds. The predicted octanol–water partition coefficient (Wildman–Crippen LogP) is 2.11. The molecular weight excluding hydrogens is 186 g/mol. The molecule has 1 aromatic heterocycles. The molecule has 0 bridgehead atoms. The van der Waals surface area contributed by atoms with Crippen LogP contribution in [0.3, 0.4) is 0 Å². The highest BCUT2D eigenvalue weighted by Crippen LogP contribution is 2.24. The van der Waals surface area contributed by atoms with Gasteiger partial charge in [0.1, 0.15) is 0 Å². The van der Waals surface area contributed by atoms with Crippen molar-refractivity contribution >= 4 is 0 Å². The fraction of sp³-hybridized carbons (Fsp3) is 0.750. The number of nitrogens with one attached hydrogen (secondary N) is 1. The van der Waals surface area contributed by atoms with E-state index in [-0.39, 0.29) is 5.54 Å². The molecule has 0 spiro atoms. The molecule has 1 atom stereocenters. The molecule has 1 saturated heterocycles. The zero-order valence-electron chi connectivity index (χ0n) is 9.95. The summed E-state index contributed by atoms with van der Waals surface area (Å²) in [5, 5.41) is 7.90. The average Bonchev–Trinajstić information content (AvgIpc) is 2.67. The molecule has 0 radical (unpaired) electrons. The van der Waals surface area contributed by atoms with Crippen LogP contribution in [0, 0.1) is 0 Å². The summed E-state index contributed by atoms with van der Waals surface area (Å²) in [5.74, 6) is 0.662. The number of hydrogen-bond donors (Lipinski definition) is 1. The van der Waals surface area contributed by atoms with Crippen LogP contribution in [-0.2, 0) is 5.54 Å². The second-order valence-electron chi connectivity index (χ2n) is 5.43. The van der Waals surface area contributed by atoms with Crippen molar-refractivity contribution in [3.63, 3.8) is 0 Å². The van der Waals surface area contributed by atoms with Gasteiger partial charge >= 0.3 is 0 Å². The summed E-state index contributed by atoms with van der Waals surface area (Å²) in [4.78, 5) is 0. The Balaban J connectivity index is 2.12. The molecule has 0 aromatic carbocycles. The number of hydrogen-bond acceptors (Lipinski definition) is 2. The first kappa shape index (κ1) is 10.7. The van der Waals surface area contributed by atoms with Gasteiger partial charge in [-0.1, -0.05) is 0 Å². The maximum Gasteiger partial charge on any atom is 0.0543 e. The minimum absolute atomic E-state index is 0.0976. The van der Waals surface area contributed by atoms with Gasteiger partial charge in [0.2, 0.25) is 0 Å². The Kier molecular flexibility index (Phi) is 2.83. The Hall–Kier alpha value is -0.830. The third-order valence-corrected chi connectivity index (χ3v) is 3.06. The van der Waals surface area contributed by atoms with Crippen molar-refractivity contribution < 1.29 is 0 Å². The number of rotatable bonds is 1. The van der Waals surface area contributed by atoms with E-state index in [0.717, 1.165) is 6.54 Å². The molecule has 1 fully saturated rings. The first-order chi connectivity index (χ1) is 7.07. The standard InChI is InChI=1S/C12H21N3/c1-12(2,3)15-9-11(8-14-15)10-5-4-6-13-7-10/h8-10,13H,4-7H2,1-3H3. The minimum atomic E-state index is 0.0976. The SMILES string of the molecule is CC(C)(C)n1cc(C2CCCNC2)cn1. The van der Waals surface area contributed by atoms with Crippen molar-refractivity contribution in [2.45, 2.75) is 45.1 Å².